The monoisotopic (exact) mass is 354 g/mol. The lowest BCUT2D eigenvalue weighted by molar-refractivity contribution is -0.113. The van der Waals surface area contributed by atoms with Crippen molar-refractivity contribution in [3.05, 3.63) is 82.5 Å². The SMILES string of the molecule is Cc1cccc(N2C(=O)/C(=C\C(Cl)=C\c3ccccc3)NC2=S)c1. The Balaban J connectivity index is 1.87. The molecule has 0 unspecified atom stereocenters. The fourth-order valence-electron chi connectivity index (χ4n) is 2.42. The van der Waals surface area contributed by atoms with Crippen LogP contribution >= 0.6 is 23.8 Å². The van der Waals surface area contributed by atoms with Crippen molar-refractivity contribution < 1.29 is 4.79 Å². The molecule has 0 atom stereocenters. The molecule has 0 spiro atoms. The lowest BCUT2D eigenvalue weighted by Crippen LogP contribution is -2.30. The number of amides is 1. The third-order valence-electron chi connectivity index (χ3n) is 3.52. The highest BCUT2D eigenvalue weighted by atomic mass is 35.5. The number of hydrogen-bond donors (Lipinski definition) is 1. The van der Waals surface area contributed by atoms with Gasteiger partial charge in [-0.05, 0) is 54.6 Å². The molecule has 1 fully saturated rings. The minimum atomic E-state index is -0.217. The van der Waals surface area contributed by atoms with Gasteiger partial charge in [-0.3, -0.25) is 9.69 Å². The first kappa shape index (κ1) is 16.4. The maximum atomic E-state index is 12.6. The minimum Gasteiger partial charge on any atom is -0.327 e. The number of aryl methyl sites for hydroxylation is 1. The van der Waals surface area contributed by atoms with Gasteiger partial charge < -0.3 is 5.32 Å². The number of nitrogens with one attached hydrogen (secondary N) is 1. The Bertz CT molecular complexity index is 859. The van der Waals surface area contributed by atoms with E-state index in [1.165, 1.54) is 4.90 Å². The molecule has 3 rings (SSSR count). The molecule has 1 aliphatic rings. The Morgan fingerprint density at radius 1 is 1.17 bits per heavy atom. The molecule has 120 valence electrons. The second-order valence-electron chi connectivity index (χ2n) is 5.41. The molecule has 1 heterocycles. The number of rotatable bonds is 3. The van der Waals surface area contributed by atoms with Crippen LogP contribution in [0.2, 0.25) is 0 Å². The van der Waals surface area contributed by atoms with Crippen LogP contribution in [0.1, 0.15) is 11.1 Å². The first-order chi connectivity index (χ1) is 11.5. The standard InChI is InChI=1S/C19H15ClN2OS/c1-13-6-5-9-16(10-13)22-18(23)17(21-19(22)24)12-15(20)11-14-7-3-2-4-8-14/h2-12H,1H3,(H,21,24)/b15-11-,17-12+. The summed E-state index contributed by atoms with van der Waals surface area (Å²) in [6.45, 7) is 1.97. The lowest BCUT2D eigenvalue weighted by atomic mass is 10.2. The Labute approximate surface area is 151 Å². The molecule has 1 amide bonds. The molecule has 0 saturated carbocycles. The van der Waals surface area contributed by atoms with Crippen LogP contribution in [0.25, 0.3) is 6.08 Å². The van der Waals surface area contributed by atoms with Gasteiger partial charge >= 0.3 is 0 Å². The van der Waals surface area contributed by atoms with Gasteiger partial charge in [0.25, 0.3) is 5.91 Å². The summed E-state index contributed by atoms with van der Waals surface area (Å²) in [4.78, 5) is 14.1. The predicted molar refractivity (Wildman–Crippen MR) is 103 cm³/mol. The van der Waals surface area contributed by atoms with Gasteiger partial charge in [0.1, 0.15) is 5.70 Å². The third-order valence-corrected chi connectivity index (χ3v) is 4.03. The molecule has 3 nitrogen and oxygen atoms in total. The highest BCUT2D eigenvalue weighted by Gasteiger charge is 2.31. The zero-order valence-electron chi connectivity index (χ0n) is 13.0. The van der Waals surface area contributed by atoms with E-state index in [9.17, 15) is 4.79 Å². The van der Waals surface area contributed by atoms with Gasteiger partial charge in [0.05, 0.1) is 5.69 Å². The fourth-order valence-corrected chi connectivity index (χ4v) is 2.96. The summed E-state index contributed by atoms with van der Waals surface area (Å²) in [5.74, 6) is -0.217. The van der Waals surface area contributed by atoms with Crippen molar-refractivity contribution in [1.29, 1.82) is 0 Å². The first-order valence-electron chi connectivity index (χ1n) is 7.40. The minimum absolute atomic E-state index is 0.217. The fraction of sp³-hybridized carbons (Fsp3) is 0.0526. The predicted octanol–water partition coefficient (Wildman–Crippen LogP) is 4.38. The average molecular weight is 355 g/mol. The molecule has 2 aromatic carbocycles. The molecular formula is C19H15ClN2OS. The normalized spacial score (nSPS) is 16.7. The van der Waals surface area contributed by atoms with Crippen LogP contribution in [0, 0.1) is 6.92 Å². The number of thiocarbonyl (C=S) groups is 1. The summed E-state index contributed by atoms with van der Waals surface area (Å²) < 4.78 is 0. The summed E-state index contributed by atoms with van der Waals surface area (Å²) in [5.41, 5.74) is 3.12. The molecule has 0 bridgehead atoms. The van der Waals surface area contributed by atoms with Gasteiger partial charge in [-0.15, -0.1) is 0 Å². The van der Waals surface area contributed by atoms with Gasteiger partial charge in [-0.25, -0.2) is 0 Å². The van der Waals surface area contributed by atoms with E-state index in [0.29, 0.717) is 15.8 Å². The van der Waals surface area contributed by atoms with Crippen LogP contribution in [0.3, 0.4) is 0 Å². The number of nitrogens with zero attached hydrogens (tertiary/aromatic N) is 1. The number of benzene rings is 2. The molecule has 2 aromatic rings. The third kappa shape index (κ3) is 3.55. The smallest absolute Gasteiger partial charge is 0.281 e. The molecule has 0 aromatic heterocycles. The molecular weight excluding hydrogens is 340 g/mol. The zero-order valence-corrected chi connectivity index (χ0v) is 14.6. The van der Waals surface area contributed by atoms with E-state index in [0.717, 1.165) is 16.8 Å². The van der Waals surface area contributed by atoms with Crippen LogP contribution in [0.5, 0.6) is 0 Å². The maximum absolute atomic E-state index is 12.6. The van der Waals surface area contributed by atoms with E-state index >= 15 is 0 Å². The first-order valence-corrected chi connectivity index (χ1v) is 8.19. The summed E-state index contributed by atoms with van der Waals surface area (Å²) >= 11 is 11.6. The number of hydrogen-bond acceptors (Lipinski definition) is 2. The van der Waals surface area contributed by atoms with Gasteiger partial charge in [0.2, 0.25) is 0 Å². The van der Waals surface area contributed by atoms with E-state index < -0.39 is 0 Å². The van der Waals surface area contributed by atoms with Crippen molar-refractivity contribution in [3.8, 4) is 0 Å². The average Bonchev–Trinajstić information content (AvgIpc) is 2.82. The van der Waals surface area contributed by atoms with E-state index in [4.69, 9.17) is 23.8 Å². The summed E-state index contributed by atoms with van der Waals surface area (Å²) in [6.07, 6.45) is 3.39. The summed E-state index contributed by atoms with van der Waals surface area (Å²) in [7, 11) is 0. The second-order valence-corrected chi connectivity index (χ2v) is 6.23. The van der Waals surface area contributed by atoms with Gasteiger partial charge in [0, 0.05) is 5.03 Å². The van der Waals surface area contributed by atoms with Gasteiger partial charge in [-0.1, -0.05) is 54.1 Å². The number of allylic oxidation sites excluding steroid dienone is 2. The molecule has 24 heavy (non-hydrogen) atoms. The van der Waals surface area contributed by atoms with Crippen LogP contribution in [0.4, 0.5) is 5.69 Å². The topological polar surface area (TPSA) is 32.3 Å². The van der Waals surface area contributed by atoms with E-state index in [1.807, 2.05) is 61.5 Å². The number of anilines is 1. The molecule has 0 aliphatic carbocycles. The number of carbonyl (C=O) groups is 1. The van der Waals surface area contributed by atoms with Crippen molar-refractivity contribution >= 4 is 46.6 Å². The Morgan fingerprint density at radius 3 is 2.62 bits per heavy atom. The number of halogens is 1. The van der Waals surface area contributed by atoms with Crippen molar-refractivity contribution in [2.75, 3.05) is 4.90 Å². The number of carbonyl (C=O) groups excluding carboxylic acids is 1. The molecule has 1 aliphatic heterocycles. The zero-order chi connectivity index (χ0) is 17.1. The van der Waals surface area contributed by atoms with Crippen LogP contribution in [-0.2, 0) is 4.79 Å². The lowest BCUT2D eigenvalue weighted by Gasteiger charge is -2.14. The van der Waals surface area contributed by atoms with Gasteiger partial charge in [-0.2, -0.15) is 0 Å². The van der Waals surface area contributed by atoms with Crippen molar-refractivity contribution in [2.45, 2.75) is 6.92 Å². The Morgan fingerprint density at radius 2 is 1.92 bits per heavy atom. The molecule has 1 saturated heterocycles. The van der Waals surface area contributed by atoms with Crippen LogP contribution in [0.15, 0.2) is 71.4 Å². The Hall–Kier alpha value is -2.43. The second kappa shape index (κ2) is 6.99. The summed E-state index contributed by atoms with van der Waals surface area (Å²) in [6, 6.07) is 17.3. The maximum Gasteiger partial charge on any atom is 0.281 e. The Kier molecular flexibility index (Phi) is 4.79. The molecule has 0 radical (unpaired) electrons. The van der Waals surface area contributed by atoms with Gasteiger partial charge in [0.15, 0.2) is 5.11 Å². The van der Waals surface area contributed by atoms with E-state index in [2.05, 4.69) is 5.32 Å². The van der Waals surface area contributed by atoms with Crippen molar-refractivity contribution in [1.82, 2.24) is 5.32 Å². The quantitative estimate of drug-likeness (QED) is 0.655. The van der Waals surface area contributed by atoms with E-state index in [-0.39, 0.29) is 5.91 Å². The van der Waals surface area contributed by atoms with Crippen LogP contribution < -0.4 is 10.2 Å². The highest BCUT2D eigenvalue weighted by molar-refractivity contribution is 7.80. The van der Waals surface area contributed by atoms with Crippen molar-refractivity contribution in [3.63, 3.8) is 0 Å². The van der Waals surface area contributed by atoms with Crippen molar-refractivity contribution in [2.24, 2.45) is 0 Å². The van der Waals surface area contributed by atoms with Crippen LogP contribution in [-0.4, -0.2) is 11.0 Å². The largest absolute Gasteiger partial charge is 0.327 e. The summed E-state index contributed by atoms with van der Waals surface area (Å²) in [5, 5.41) is 3.73. The van der Waals surface area contributed by atoms with E-state index in [1.54, 1.807) is 12.2 Å². The molecule has 1 N–H and O–H groups in total. The molecule has 5 heteroatoms. The highest BCUT2D eigenvalue weighted by Crippen LogP contribution is 2.23.